The predicted molar refractivity (Wildman–Crippen MR) is 102 cm³/mol. The molecule has 0 bridgehead atoms. The van der Waals surface area contributed by atoms with E-state index >= 15 is 0 Å². The van der Waals surface area contributed by atoms with Crippen molar-refractivity contribution in [1.29, 1.82) is 0 Å². The molecule has 0 saturated carbocycles. The van der Waals surface area contributed by atoms with Crippen molar-refractivity contribution in [2.24, 2.45) is 0 Å². The van der Waals surface area contributed by atoms with E-state index in [0.717, 1.165) is 11.1 Å². The van der Waals surface area contributed by atoms with Crippen LogP contribution in [0, 0.1) is 0 Å². The molecule has 0 unspecified atom stereocenters. The summed E-state index contributed by atoms with van der Waals surface area (Å²) in [5.41, 5.74) is 2.38. The van der Waals surface area contributed by atoms with Crippen LogP contribution in [0.25, 0.3) is 0 Å². The fourth-order valence-corrected chi connectivity index (χ4v) is 3.44. The molecule has 0 aromatic heterocycles. The number of ether oxygens (including phenoxy) is 1. The van der Waals surface area contributed by atoms with Gasteiger partial charge in [-0.2, -0.15) is 0 Å². The lowest BCUT2D eigenvalue weighted by Gasteiger charge is -2.15. The molecule has 2 aromatic carbocycles. The molecule has 4 nitrogen and oxygen atoms in total. The monoisotopic (exact) mass is 377 g/mol. The highest BCUT2D eigenvalue weighted by Crippen LogP contribution is 2.22. The van der Waals surface area contributed by atoms with Gasteiger partial charge >= 0.3 is 5.97 Å². The molecule has 1 atom stereocenters. The Morgan fingerprint density at radius 3 is 2.68 bits per heavy atom. The Morgan fingerprint density at radius 1 is 1.20 bits per heavy atom. The average molecular weight is 378 g/mol. The molecule has 6 heteroatoms. The number of rotatable bonds is 7. The number of carbonyl (C=O) groups excluding carboxylic acids is 2. The fourth-order valence-electron chi connectivity index (χ4n) is 2.35. The maximum atomic E-state index is 12.1. The quantitative estimate of drug-likeness (QED) is 0.733. The minimum Gasteiger partial charge on any atom is -0.465 e. The van der Waals surface area contributed by atoms with Crippen molar-refractivity contribution < 1.29 is 14.3 Å². The third kappa shape index (κ3) is 5.80. The second-order valence-corrected chi connectivity index (χ2v) is 6.89. The van der Waals surface area contributed by atoms with Crippen LogP contribution in [0.3, 0.4) is 0 Å². The van der Waals surface area contributed by atoms with Gasteiger partial charge in [0.2, 0.25) is 5.91 Å². The van der Waals surface area contributed by atoms with E-state index in [-0.39, 0.29) is 17.9 Å². The molecule has 1 amide bonds. The van der Waals surface area contributed by atoms with Crippen molar-refractivity contribution in [2.75, 3.05) is 12.9 Å². The summed E-state index contributed by atoms with van der Waals surface area (Å²) in [6.45, 7) is 1.91. The second-order valence-electron chi connectivity index (χ2n) is 5.50. The molecule has 0 saturated heterocycles. The molecule has 0 heterocycles. The summed E-state index contributed by atoms with van der Waals surface area (Å²) in [4.78, 5) is 23.6. The van der Waals surface area contributed by atoms with Gasteiger partial charge in [0.25, 0.3) is 0 Å². The van der Waals surface area contributed by atoms with Gasteiger partial charge in [0.1, 0.15) is 0 Å². The van der Waals surface area contributed by atoms with Crippen molar-refractivity contribution in [3.8, 4) is 0 Å². The van der Waals surface area contributed by atoms with Crippen molar-refractivity contribution in [1.82, 2.24) is 5.32 Å². The standard InChI is InChI=1S/C19H20ClNO3S/c1-13(16-8-3-4-9-17(16)20)21-18(22)12-25-11-14-6-5-7-15(10-14)19(23)24-2/h3-10,13H,11-12H2,1-2H3,(H,21,22)/t13-/m0/s1. The van der Waals surface area contributed by atoms with Gasteiger partial charge in [0.15, 0.2) is 0 Å². The first-order chi connectivity index (χ1) is 12.0. The van der Waals surface area contributed by atoms with Crippen LogP contribution < -0.4 is 5.32 Å². The van der Waals surface area contributed by atoms with Crippen molar-refractivity contribution in [2.45, 2.75) is 18.7 Å². The minimum absolute atomic E-state index is 0.0541. The maximum Gasteiger partial charge on any atom is 0.337 e. The van der Waals surface area contributed by atoms with Crippen LogP contribution >= 0.6 is 23.4 Å². The normalized spacial score (nSPS) is 11.6. The van der Waals surface area contributed by atoms with Crippen molar-refractivity contribution in [3.05, 3.63) is 70.2 Å². The third-order valence-electron chi connectivity index (χ3n) is 3.60. The Balaban J connectivity index is 1.83. The summed E-state index contributed by atoms with van der Waals surface area (Å²) in [7, 11) is 1.36. The van der Waals surface area contributed by atoms with Crippen molar-refractivity contribution in [3.63, 3.8) is 0 Å². The van der Waals surface area contributed by atoms with Gasteiger partial charge in [0.05, 0.1) is 24.5 Å². The first-order valence-electron chi connectivity index (χ1n) is 7.80. The fraction of sp³-hybridized carbons (Fsp3) is 0.263. The van der Waals surface area contributed by atoms with Gasteiger partial charge in [-0.1, -0.05) is 41.9 Å². The van der Waals surface area contributed by atoms with E-state index in [1.54, 1.807) is 12.1 Å². The molecule has 0 aliphatic heterocycles. The largest absolute Gasteiger partial charge is 0.465 e. The highest BCUT2D eigenvalue weighted by atomic mass is 35.5. The predicted octanol–water partition coefficient (Wildman–Crippen LogP) is 4.24. The zero-order valence-electron chi connectivity index (χ0n) is 14.1. The van der Waals surface area contributed by atoms with Crippen LogP contribution in [0.1, 0.15) is 34.5 Å². The SMILES string of the molecule is COC(=O)c1cccc(CSCC(=O)N[C@@H](C)c2ccccc2Cl)c1. The lowest BCUT2D eigenvalue weighted by atomic mass is 10.1. The van der Waals surface area contributed by atoms with Gasteiger partial charge in [-0.3, -0.25) is 4.79 Å². The Bertz CT molecular complexity index is 751. The number of esters is 1. The van der Waals surface area contributed by atoms with Gasteiger partial charge in [-0.25, -0.2) is 4.79 Å². The smallest absolute Gasteiger partial charge is 0.337 e. The molecule has 0 fully saturated rings. The van der Waals surface area contributed by atoms with Crippen LogP contribution in [0.15, 0.2) is 48.5 Å². The van der Waals surface area contributed by atoms with Gasteiger partial charge in [0, 0.05) is 10.8 Å². The molecule has 2 aromatic rings. The van der Waals surface area contributed by atoms with Crippen LogP contribution in [0.2, 0.25) is 5.02 Å². The molecule has 0 radical (unpaired) electrons. The van der Waals surface area contributed by atoms with E-state index in [1.807, 2.05) is 43.3 Å². The molecule has 0 spiro atoms. The number of hydrogen-bond acceptors (Lipinski definition) is 4. The first-order valence-corrected chi connectivity index (χ1v) is 9.33. The molecule has 0 aliphatic carbocycles. The zero-order chi connectivity index (χ0) is 18.2. The zero-order valence-corrected chi connectivity index (χ0v) is 15.7. The highest BCUT2D eigenvalue weighted by molar-refractivity contribution is 7.99. The summed E-state index contributed by atoms with van der Waals surface area (Å²) in [6, 6.07) is 14.5. The first kappa shape index (κ1) is 19.3. The number of methoxy groups -OCH3 is 1. The maximum absolute atomic E-state index is 12.1. The molecule has 132 valence electrons. The topological polar surface area (TPSA) is 55.4 Å². The molecule has 25 heavy (non-hydrogen) atoms. The average Bonchev–Trinajstić information content (AvgIpc) is 2.61. The van der Waals surface area contributed by atoms with Crippen LogP contribution in [-0.2, 0) is 15.3 Å². The summed E-state index contributed by atoms with van der Waals surface area (Å²) >= 11 is 7.63. The van der Waals surface area contributed by atoms with E-state index in [1.165, 1.54) is 18.9 Å². The number of thioether (sulfide) groups is 1. The minimum atomic E-state index is -0.363. The van der Waals surface area contributed by atoms with Crippen LogP contribution in [-0.4, -0.2) is 24.7 Å². The molecule has 2 rings (SSSR count). The number of benzene rings is 2. The van der Waals surface area contributed by atoms with E-state index in [2.05, 4.69) is 5.32 Å². The second kappa shape index (κ2) is 9.49. The summed E-state index contributed by atoms with van der Waals surface area (Å²) in [6.07, 6.45) is 0. The van der Waals surface area contributed by atoms with Gasteiger partial charge < -0.3 is 10.1 Å². The van der Waals surface area contributed by atoms with Crippen LogP contribution in [0.4, 0.5) is 0 Å². The highest BCUT2D eigenvalue weighted by Gasteiger charge is 2.12. The number of carbonyl (C=O) groups is 2. The van der Waals surface area contributed by atoms with E-state index in [9.17, 15) is 9.59 Å². The molecule has 1 N–H and O–H groups in total. The Hall–Kier alpha value is -1.98. The van der Waals surface area contributed by atoms with Gasteiger partial charge in [-0.15, -0.1) is 11.8 Å². The number of halogens is 1. The third-order valence-corrected chi connectivity index (χ3v) is 4.95. The van der Waals surface area contributed by atoms with E-state index < -0.39 is 0 Å². The lowest BCUT2D eigenvalue weighted by molar-refractivity contribution is -0.119. The Morgan fingerprint density at radius 2 is 1.96 bits per heavy atom. The molecular weight excluding hydrogens is 358 g/mol. The lowest BCUT2D eigenvalue weighted by Crippen LogP contribution is -2.28. The summed E-state index contributed by atoms with van der Waals surface area (Å²) in [5, 5.41) is 3.58. The summed E-state index contributed by atoms with van der Waals surface area (Å²) in [5.74, 6) is 0.551. The van der Waals surface area contributed by atoms with Crippen LogP contribution in [0.5, 0.6) is 0 Å². The Labute approximate surface area is 156 Å². The number of nitrogens with one attached hydrogen (secondary N) is 1. The molecular formula is C19H20ClNO3S. The Kier molecular flexibility index (Phi) is 7.34. The molecule has 0 aliphatic rings. The van der Waals surface area contributed by atoms with Crippen molar-refractivity contribution >= 4 is 35.2 Å². The number of hydrogen-bond donors (Lipinski definition) is 1. The number of amides is 1. The summed E-state index contributed by atoms with van der Waals surface area (Å²) < 4.78 is 4.71. The van der Waals surface area contributed by atoms with E-state index in [0.29, 0.717) is 22.1 Å². The van der Waals surface area contributed by atoms with Gasteiger partial charge in [-0.05, 0) is 36.2 Å². The van der Waals surface area contributed by atoms with E-state index in [4.69, 9.17) is 16.3 Å².